The Labute approximate surface area is 118 Å². The lowest BCUT2D eigenvalue weighted by Gasteiger charge is -2.30. The maximum atomic E-state index is 11.6. The molecule has 98 valence electrons. The van der Waals surface area contributed by atoms with Crippen molar-refractivity contribution in [1.82, 2.24) is 0 Å². The van der Waals surface area contributed by atoms with E-state index in [0.717, 1.165) is 6.42 Å². The fourth-order valence-electron chi connectivity index (χ4n) is 1.39. The van der Waals surface area contributed by atoms with Crippen molar-refractivity contribution in [2.75, 3.05) is 0 Å². The summed E-state index contributed by atoms with van der Waals surface area (Å²) in [6.07, 6.45) is 6.24. The van der Waals surface area contributed by atoms with Crippen molar-refractivity contribution in [3.05, 3.63) is 0 Å². The molecule has 0 saturated carbocycles. The summed E-state index contributed by atoms with van der Waals surface area (Å²) in [7, 11) is 0. The Morgan fingerprint density at radius 1 is 1.29 bits per heavy atom. The first kappa shape index (κ1) is 16.9. The summed E-state index contributed by atoms with van der Waals surface area (Å²) >= 11 is 4.45. The molecule has 0 aliphatic rings. The molecule has 0 aromatic rings. The standard InChI is InChI=1S/C13H21BrO2S/c1-8-11(2,3)9-12(4,5)17-16-10(15)13(6,7)14/h1H,9H2,2-7H3. The van der Waals surface area contributed by atoms with E-state index in [0.29, 0.717) is 0 Å². The van der Waals surface area contributed by atoms with Crippen LogP contribution in [0.4, 0.5) is 0 Å². The van der Waals surface area contributed by atoms with E-state index in [1.807, 2.05) is 27.7 Å². The molecule has 0 saturated heterocycles. The molecule has 17 heavy (non-hydrogen) atoms. The van der Waals surface area contributed by atoms with Crippen molar-refractivity contribution >= 4 is 33.9 Å². The second-order valence-electron chi connectivity index (χ2n) is 5.89. The molecule has 0 amide bonds. The molecule has 0 rings (SSSR count). The predicted molar refractivity (Wildman–Crippen MR) is 78.0 cm³/mol. The second-order valence-corrected chi connectivity index (χ2v) is 9.31. The van der Waals surface area contributed by atoms with E-state index in [9.17, 15) is 4.79 Å². The van der Waals surface area contributed by atoms with E-state index in [4.69, 9.17) is 10.6 Å². The SMILES string of the molecule is C#CC(C)(C)CC(C)(C)SOC(=O)C(C)(C)Br. The van der Waals surface area contributed by atoms with Crippen LogP contribution >= 0.6 is 28.0 Å². The third-order valence-corrected chi connectivity index (χ3v) is 3.24. The van der Waals surface area contributed by atoms with Crippen LogP contribution in [0.2, 0.25) is 0 Å². The topological polar surface area (TPSA) is 26.3 Å². The second kappa shape index (κ2) is 5.67. The van der Waals surface area contributed by atoms with Gasteiger partial charge in [0.05, 0.1) is 16.8 Å². The molecular formula is C13H21BrO2S. The van der Waals surface area contributed by atoms with Gasteiger partial charge in [-0.05, 0) is 48.0 Å². The Morgan fingerprint density at radius 3 is 2.12 bits per heavy atom. The van der Waals surface area contributed by atoms with Crippen LogP contribution < -0.4 is 0 Å². The van der Waals surface area contributed by atoms with E-state index < -0.39 is 4.32 Å². The van der Waals surface area contributed by atoms with Gasteiger partial charge in [0.15, 0.2) is 0 Å². The van der Waals surface area contributed by atoms with E-state index in [1.165, 1.54) is 12.0 Å². The molecule has 4 heteroatoms. The molecule has 0 aliphatic carbocycles. The minimum atomic E-state index is -0.655. The van der Waals surface area contributed by atoms with Crippen LogP contribution in [0.25, 0.3) is 0 Å². The molecule has 0 N–H and O–H groups in total. The van der Waals surface area contributed by atoms with Gasteiger partial charge >= 0.3 is 5.97 Å². The summed E-state index contributed by atoms with van der Waals surface area (Å²) in [5.41, 5.74) is -0.202. The molecular weight excluding hydrogens is 300 g/mol. The highest BCUT2D eigenvalue weighted by molar-refractivity contribution is 9.10. The molecule has 0 radical (unpaired) electrons. The van der Waals surface area contributed by atoms with E-state index in [2.05, 4.69) is 21.9 Å². The van der Waals surface area contributed by atoms with Crippen molar-refractivity contribution in [2.45, 2.75) is 57.0 Å². The van der Waals surface area contributed by atoms with Crippen LogP contribution in [-0.4, -0.2) is 15.0 Å². The smallest absolute Gasteiger partial charge is 0.334 e. The molecule has 2 nitrogen and oxygen atoms in total. The van der Waals surface area contributed by atoms with Gasteiger partial charge in [0.25, 0.3) is 0 Å². The number of carbonyl (C=O) groups excluding carboxylic acids is 1. The molecule has 0 aromatic heterocycles. The van der Waals surface area contributed by atoms with Crippen molar-refractivity contribution < 1.29 is 8.98 Å². The quantitative estimate of drug-likeness (QED) is 0.432. The highest BCUT2D eigenvalue weighted by Gasteiger charge is 2.33. The maximum absolute atomic E-state index is 11.6. The summed E-state index contributed by atoms with van der Waals surface area (Å²) in [4.78, 5) is 11.6. The van der Waals surface area contributed by atoms with Gasteiger partial charge < -0.3 is 4.18 Å². The fraction of sp³-hybridized carbons (Fsp3) is 0.769. The minimum absolute atomic E-state index is 0.202. The number of rotatable bonds is 5. The lowest BCUT2D eigenvalue weighted by atomic mass is 9.84. The number of halogens is 1. The van der Waals surface area contributed by atoms with Gasteiger partial charge in [-0.25, -0.2) is 4.79 Å². The van der Waals surface area contributed by atoms with Crippen molar-refractivity contribution in [3.63, 3.8) is 0 Å². The predicted octanol–water partition coefficient (Wildman–Crippen LogP) is 4.18. The van der Waals surface area contributed by atoms with Crippen molar-refractivity contribution in [1.29, 1.82) is 0 Å². The first-order chi connectivity index (χ1) is 7.40. The maximum Gasteiger partial charge on any atom is 0.334 e. The Morgan fingerprint density at radius 2 is 1.76 bits per heavy atom. The molecule has 0 heterocycles. The molecule has 0 spiro atoms. The lowest BCUT2D eigenvalue weighted by molar-refractivity contribution is -0.134. The van der Waals surface area contributed by atoms with Crippen LogP contribution in [0.5, 0.6) is 0 Å². The number of hydrogen-bond donors (Lipinski definition) is 0. The van der Waals surface area contributed by atoms with Gasteiger partial charge in [-0.15, -0.1) is 12.3 Å². The van der Waals surface area contributed by atoms with Gasteiger partial charge in [0.2, 0.25) is 0 Å². The highest BCUT2D eigenvalue weighted by Crippen LogP contribution is 2.38. The first-order valence-electron chi connectivity index (χ1n) is 5.46. The zero-order chi connectivity index (χ0) is 13.9. The van der Waals surface area contributed by atoms with Crippen molar-refractivity contribution in [2.24, 2.45) is 5.41 Å². The van der Waals surface area contributed by atoms with Gasteiger partial charge in [0.1, 0.15) is 4.32 Å². The van der Waals surface area contributed by atoms with Gasteiger partial charge in [-0.3, -0.25) is 0 Å². The largest absolute Gasteiger partial charge is 0.390 e. The normalized spacial score (nSPS) is 13.1. The summed E-state index contributed by atoms with van der Waals surface area (Å²) in [6.45, 7) is 11.6. The molecule has 0 fully saturated rings. The fourth-order valence-corrected chi connectivity index (χ4v) is 2.51. The van der Waals surface area contributed by atoms with E-state index in [1.54, 1.807) is 13.8 Å². The molecule has 0 atom stereocenters. The van der Waals surface area contributed by atoms with Crippen LogP contribution in [0.3, 0.4) is 0 Å². The lowest BCUT2D eigenvalue weighted by Crippen LogP contribution is -2.29. The highest BCUT2D eigenvalue weighted by atomic mass is 79.9. The molecule has 0 aliphatic heterocycles. The molecule has 0 unspecified atom stereocenters. The van der Waals surface area contributed by atoms with Gasteiger partial charge in [-0.1, -0.05) is 15.9 Å². The Kier molecular flexibility index (Phi) is 5.62. The summed E-state index contributed by atoms with van der Waals surface area (Å²) in [5, 5.41) is 0. The zero-order valence-corrected chi connectivity index (χ0v) is 13.8. The monoisotopic (exact) mass is 320 g/mol. The van der Waals surface area contributed by atoms with Gasteiger partial charge in [0, 0.05) is 5.41 Å². The van der Waals surface area contributed by atoms with E-state index in [-0.39, 0.29) is 16.1 Å². The summed E-state index contributed by atoms with van der Waals surface area (Å²) in [5.74, 6) is 2.47. The summed E-state index contributed by atoms with van der Waals surface area (Å²) in [6, 6.07) is 0. The Hall–Kier alpha value is -0.140. The van der Waals surface area contributed by atoms with Crippen LogP contribution in [-0.2, 0) is 8.98 Å². The molecule has 0 bridgehead atoms. The van der Waals surface area contributed by atoms with Crippen molar-refractivity contribution in [3.8, 4) is 12.3 Å². The number of hydrogen-bond acceptors (Lipinski definition) is 3. The van der Waals surface area contributed by atoms with Crippen LogP contribution in [0.1, 0.15) is 48.0 Å². The average molecular weight is 321 g/mol. The van der Waals surface area contributed by atoms with E-state index >= 15 is 0 Å². The zero-order valence-electron chi connectivity index (χ0n) is 11.4. The van der Waals surface area contributed by atoms with Crippen LogP contribution in [0.15, 0.2) is 0 Å². The first-order valence-corrected chi connectivity index (χ1v) is 7.00. The molecule has 0 aromatic carbocycles. The Bertz CT molecular complexity index is 321. The third kappa shape index (κ3) is 7.00. The average Bonchev–Trinajstić information content (AvgIpc) is 2.11. The Balaban J connectivity index is 4.40. The number of carbonyl (C=O) groups is 1. The van der Waals surface area contributed by atoms with Crippen LogP contribution in [0, 0.1) is 17.8 Å². The number of terminal acetylenes is 1. The van der Waals surface area contributed by atoms with Gasteiger partial charge in [-0.2, -0.15) is 0 Å². The minimum Gasteiger partial charge on any atom is -0.390 e. The number of alkyl halides is 1. The third-order valence-electron chi connectivity index (χ3n) is 2.09. The summed E-state index contributed by atoms with van der Waals surface area (Å²) < 4.78 is 4.36.